The van der Waals surface area contributed by atoms with Gasteiger partial charge in [-0.15, -0.1) is 0 Å². The zero-order valence-electron chi connectivity index (χ0n) is 10.8. The summed E-state index contributed by atoms with van der Waals surface area (Å²) in [5.74, 6) is -1.09. The van der Waals surface area contributed by atoms with Crippen molar-refractivity contribution in [1.82, 2.24) is 14.8 Å². The van der Waals surface area contributed by atoms with Crippen molar-refractivity contribution in [3.63, 3.8) is 0 Å². The van der Waals surface area contributed by atoms with Crippen molar-refractivity contribution < 1.29 is 9.90 Å². The lowest BCUT2D eigenvalue weighted by molar-refractivity contribution is 0.0699. The van der Waals surface area contributed by atoms with Crippen molar-refractivity contribution >= 4 is 40.1 Å². The topological polar surface area (TPSA) is 68.0 Å². The highest BCUT2D eigenvalue weighted by atomic mass is 35.5. The van der Waals surface area contributed by atoms with Gasteiger partial charge in [-0.05, 0) is 18.2 Å². The highest BCUT2D eigenvalue weighted by molar-refractivity contribution is 6.41. The molecule has 1 N–H and O–H groups in total. The number of hydrogen-bond donors (Lipinski definition) is 1. The number of pyridine rings is 1. The number of fused-ring (bicyclic) bond motifs is 1. The van der Waals surface area contributed by atoms with Crippen LogP contribution in [-0.4, -0.2) is 25.8 Å². The quantitative estimate of drug-likeness (QED) is 0.782. The van der Waals surface area contributed by atoms with Crippen LogP contribution in [-0.2, 0) is 7.05 Å². The molecule has 0 saturated carbocycles. The summed E-state index contributed by atoms with van der Waals surface area (Å²) in [5.41, 5.74) is 1.62. The molecule has 2 aromatic heterocycles. The van der Waals surface area contributed by atoms with Crippen molar-refractivity contribution in [3.8, 4) is 11.3 Å². The van der Waals surface area contributed by atoms with Gasteiger partial charge < -0.3 is 5.11 Å². The first-order valence-electron chi connectivity index (χ1n) is 5.98. The number of aromatic carboxylic acids is 1. The van der Waals surface area contributed by atoms with E-state index in [1.54, 1.807) is 36.3 Å². The van der Waals surface area contributed by atoms with Gasteiger partial charge in [0.2, 0.25) is 0 Å². The summed E-state index contributed by atoms with van der Waals surface area (Å²) in [7, 11) is 1.77. The van der Waals surface area contributed by atoms with Gasteiger partial charge in [0.1, 0.15) is 0 Å². The zero-order valence-corrected chi connectivity index (χ0v) is 12.4. The maximum absolute atomic E-state index is 11.5. The Hall–Kier alpha value is -2.11. The summed E-state index contributed by atoms with van der Waals surface area (Å²) in [4.78, 5) is 15.9. The number of halogens is 2. The van der Waals surface area contributed by atoms with Crippen LogP contribution in [0.5, 0.6) is 0 Å². The van der Waals surface area contributed by atoms with Crippen LogP contribution in [0.2, 0.25) is 10.0 Å². The first-order valence-corrected chi connectivity index (χ1v) is 6.74. The number of aryl methyl sites for hydroxylation is 1. The molecule has 106 valence electrons. The van der Waals surface area contributed by atoms with E-state index in [-0.39, 0.29) is 5.56 Å². The molecule has 0 aliphatic rings. The Labute approximate surface area is 129 Å². The molecule has 0 atom stereocenters. The molecule has 0 amide bonds. The summed E-state index contributed by atoms with van der Waals surface area (Å²) >= 11 is 12.2. The lowest BCUT2D eigenvalue weighted by Gasteiger charge is -2.08. The summed E-state index contributed by atoms with van der Waals surface area (Å²) in [6, 6.07) is 4.63. The number of aromatic nitrogens is 3. The van der Waals surface area contributed by atoms with Gasteiger partial charge in [-0.1, -0.05) is 23.2 Å². The smallest absolute Gasteiger partial charge is 0.336 e. The molecule has 21 heavy (non-hydrogen) atoms. The van der Waals surface area contributed by atoms with E-state index in [0.29, 0.717) is 32.2 Å². The fraction of sp³-hybridized carbons (Fsp3) is 0.0714. The number of nitrogens with zero attached hydrogens (tertiary/aromatic N) is 3. The molecule has 0 spiro atoms. The number of carbonyl (C=O) groups is 1. The molecule has 0 aliphatic carbocycles. The third kappa shape index (κ3) is 2.34. The molecule has 0 bridgehead atoms. The highest BCUT2D eigenvalue weighted by Gasteiger charge is 2.17. The number of hydrogen-bond acceptors (Lipinski definition) is 3. The van der Waals surface area contributed by atoms with Crippen LogP contribution in [0.15, 0.2) is 30.6 Å². The van der Waals surface area contributed by atoms with Gasteiger partial charge in [0, 0.05) is 24.2 Å². The molecule has 1 aromatic carbocycles. The second-order valence-electron chi connectivity index (χ2n) is 4.52. The van der Waals surface area contributed by atoms with Crippen LogP contribution < -0.4 is 0 Å². The standard InChI is InChI=1S/C14H9Cl2N3O2/c1-19-6-7(5-17-19)11-4-8(14(20)21)12-9(15)2-3-10(16)13(12)18-11/h2-6H,1H3,(H,20,21). The van der Waals surface area contributed by atoms with Gasteiger partial charge in [0.05, 0.1) is 33.0 Å². The summed E-state index contributed by atoms with van der Waals surface area (Å²) in [5, 5.41) is 14.5. The van der Waals surface area contributed by atoms with Crippen molar-refractivity contribution in [2.75, 3.05) is 0 Å². The Morgan fingerprint density at radius 2 is 2.00 bits per heavy atom. The van der Waals surface area contributed by atoms with Gasteiger partial charge in [-0.25, -0.2) is 9.78 Å². The zero-order chi connectivity index (χ0) is 15.1. The number of benzene rings is 1. The molecule has 0 aliphatic heterocycles. The van der Waals surface area contributed by atoms with Crippen molar-refractivity contribution in [2.45, 2.75) is 0 Å². The van der Waals surface area contributed by atoms with E-state index in [1.807, 2.05) is 0 Å². The minimum absolute atomic E-state index is 0.0614. The Morgan fingerprint density at radius 3 is 2.62 bits per heavy atom. The maximum atomic E-state index is 11.5. The van der Waals surface area contributed by atoms with E-state index in [2.05, 4.69) is 10.1 Å². The molecule has 0 unspecified atom stereocenters. The summed E-state index contributed by atoms with van der Waals surface area (Å²) in [6.07, 6.45) is 3.36. The molecule has 0 saturated heterocycles. The monoisotopic (exact) mass is 321 g/mol. The summed E-state index contributed by atoms with van der Waals surface area (Å²) in [6.45, 7) is 0. The molecule has 0 radical (unpaired) electrons. The molecule has 2 heterocycles. The second kappa shape index (κ2) is 5.02. The number of carboxylic acids is 1. The second-order valence-corrected chi connectivity index (χ2v) is 5.33. The van der Waals surface area contributed by atoms with E-state index in [0.717, 1.165) is 0 Å². The predicted molar refractivity (Wildman–Crippen MR) is 80.9 cm³/mol. The molecule has 3 rings (SSSR count). The van der Waals surface area contributed by atoms with Crippen LogP contribution in [0.3, 0.4) is 0 Å². The van der Waals surface area contributed by atoms with Gasteiger partial charge >= 0.3 is 5.97 Å². The van der Waals surface area contributed by atoms with Gasteiger partial charge in [-0.2, -0.15) is 5.10 Å². The van der Waals surface area contributed by atoms with Gasteiger partial charge in [-0.3, -0.25) is 4.68 Å². The van der Waals surface area contributed by atoms with Crippen LogP contribution in [0.4, 0.5) is 0 Å². The Balaban J connectivity index is 2.40. The fourth-order valence-corrected chi connectivity index (χ4v) is 2.59. The largest absolute Gasteiger partial charge is 0.478 e. The van der Waals surface area contributed by atoms with Crippen LogP contribution in [0.1, 0.15) is 10.4 Å². The van der Waals surface area contributed by atoms with E-state index >= 15 is 0 Å². The molecule has 0 fully saturated rings. The van der Waals surface area contributed by atoms with Crippen LogP contribution in [0, 0.1) is 0 Å². The molecule has 7 heteroatoms. The highest BCUT2D eigenvalue weighted by Crippen LogP contribution is 2.33. The first kappa shape index (κ1) is 13.9. The van der Waals surface area contributed by atoms with E-state index in [1.165, 1.54) is 6.07 Å². The average Bonchev–Trinajstić information content (AvgIpc) is 2.88. The fourth-order valence-electron chi connectivity index (χ4n) is 2.14. The van der Waals surface area contributed by atoms with E-state index in [9.17, 15) is 9.90 Å². The van der Waals surface area contributed by atoms with Crippen LogP contribution in [0.25, 0.3) is 22.2 Å². The minimum atomic E-state index is -1.09. The molecule has 5 nitrogen and oxygen atoms in total. The van der Waals surface area contributed by atoms with Crippen molar-refractivity contribution in [1.29, 1.82) is 0 Å². The average molecular weight is 322 g/mol. The third-order valence-electron chi connectivity index (χ3n) is 3.09. The lowest BCUT2D eigenvalue weighted by atomic mass is 10.1. The lowest BCUT2D eigenvalue weighted by Crippen LogP contribution is -2.01. The predicted octanol–water partition coefficient (Wildman–Crippen LogP) is 3.64. The Kier molecular flexibility index (Phi) is 3.31. The summed E-state index contributed by atoms with van der Waals surface area (Å²) < 4.78 is 1.61. The SMILES string of the molecule is Cn1cc(-c2cc(C(=O)O)c3c(Cl)ccc(Cl)c3n2)cn1. The van der Waals surface area contributed by atoms with Crippen LogP contribution >= 0.6 is 23.2 Å². The third-order valence-corrected chi connectivity index (χ3v) is 3.71. The number of rotatable bonds is 2. The van der Waals surface area contributed by atoms with Crippen molar-refractivity contribution in [3.05, 3.63) is 46.2 Å². The Morgan fingerprint density at radius 1 is 1.29 bits per heavy atom. The molecule has 3 aromatic rings. The maximum Gasteiger partial charge on any atom is 0.336 e. The normalized spacial score (nSPS) is 11.0. The van der Waals surface area contributed by atoms with E-state index in [4.69, 9.17) is 23.2 Å². The van der Waals surface area contributed by atoms with Crippen molar-refractivity contribution in [2.24, 2.45) is 7.05 Å². The van der Waals surface area contributed by atoms with Gasteiger partial charge in [0.15, 0.2) is 0 Å². The minimum Gasteiger partial charge on any atom is -0.478 e. The molecular weight excluding hydrogens is 313 g/mol. The van der Waals surface area contributed by atoms with Gasteiger partial charge in [0.25, 0.3) is 0 Å². The molecular formula is C14H9Cl2N3O2. The number of carboxylic acid groups (broad SMARTS) is 1. The Bertz CT molecular complexity index is 874. The first-order chi connectivity index (χ1) is 9.97. The van der Waals surface area contributed by atoms with E-state index < -0.39 is 5.97 Å².